The van der Waals surface area contributed by atoms with E-state index >= 15 is 0 Å². The molecule has 0 bridgehead atoms. The van der Waals surface area contributed by atoms with Crippen LogP contribution in [-0.4, -0.2) is 13.0 Å². The topological polar surface area (TPSA) is 67.2 Å². The van der Waals surface area contributed by atoms with Gasteiger partial charge in [0.05, 0.1) is 22.0 Å². The Morgan fingerprint density at radius 2 is 1.85 bits per heavy atom. The van der Waals surface area contributed by atoms with E-state index in [-0.39, 0.29) is 5.91 Å². The third-order valence-electron chi connectivity index (χ3n) is 2.71. The van der Waals surface area contributed by atoms with Gasteiger partial charge in [-0.1, -0.05) is 23.2 Å². The van der Waals surface area contributed by atoms with E-state index in [1.54, 1.807) is 43.4 Å². The molecule has 4 N–H and O–H groups in total. The number of carbonyl (C=O) groups excluding carboxylic acids is 1. The number of benzene rings is 2. The zero-order chi connectivity index (χ0) is 14.7. The number of rotatable bonds is 3. The van der Waals surface area contributed by atoms with Crippen molar-refractivity contribution in [3.8, 4) is 0 Å². The SMILES string of the molecule is CNC(=O)c1ccc(N)cc1Nc1cc(Cl)ccc1Cl. The molecule has 0 unspecified atom stereocenters. The molecule has 6 heteroatoms. The largest absolute Gasteiger partial charge is 0.399 e. The van der Waals surface area contributed by atoms with E-state index in [9.17, 15) is 4.79 Å². The second-order valence-corrected chi connectivity index (χ2v) is 4.98. The van der Waals surface area contributed by atoms with Gasteiger partial charge in [-0.3, -0.25) is 4.79 Å². The first kappa shape index (κ1) is 14.5. The van der Waals surface area contributed by atoms with Crippen LogP contribution >= 0.6 is 23.2 Å². The smallest absolute Gasteiger partial charge is 0.253 e. The fourth-order valence-corrected chi connectivity index (χ4v) is 2.07. The van der Waals surface area contributed by atoms with Crippen LogP contribution in [-0.2, 0) is 0 Å². The van der Waals surface area contributed by atoms with Crippen LogP contribution in [0.1, 0.15) is 10.4 Å². The summed E-state index contributed by atoms with van der Waals surface area (Å²) in [6, 6.07) is 10.0. The molecule has 2 aromatic carbocycles. The average molecular weight is 310 g/mol. The molecule has 0 heterocycles. The number of nitrogens with two attached hydrogens (primary N) is 1. The molecule has 0 aromatic heterocycles. The van der Waals surface area contributed by atoms with E-state index < -0.39 is 0 Å². The Morgan fingerprint density at radius 1 is 1.10 bits per heavy atom. The molecule has 0 radical (unpaired) electrons. The van der Waals surface area contributed by atoms with Crippen molar-refractivity contribution >= 4 is 46.2 Å². The number of anilines is 3. The molecule has 2 rings (SSSR count). The van der Waals surface area contributed by atoms with Crippen LogP contribution < -0.4 is 16.4 Å². The van der Waals surface area contributed by atoms with E-state index in [0.717, 1.165) is 0 Å². The van der Waals surface area contributed by atoms with Gasteiger partial charge >= 0.3 is 0 Å². The van der Waals surface area contributed by atoms with Crippen molar-refractivity contribution in [2.24, 2.45) is 0 Å². The number of nitrogens with one attached hydrogen (secondary N) is 2. The average Bonchev–Trinajstić information content (AvgIpc) is 2.42. The molecular formula is C14H13Cl2N3O. The first-order chi connectivity index (χ1) is 9.51. The number of nitrogen functional groups attached to an aromatic ring is 1. The number of halogens is 2. The molecule has 2 aromatic rings. The van der Waals surface area contributed by atoms with E-state index in [0.29, 0.717) is 32.7 Å². The van der Waals surface area contributed by atoms with Gasteiger partial charge in [-0.2, -0.15) is 0 Å². The molecule has 1 amide bonds. The highest BCUT2D eigenvalue weighted by Crippen LogP contribution is 2.30. The summed E-state index contributed by atoms with van der Waals surface area (Å²) >= 11 is 12.0. The van der Waals surface area contributed by atoms with Crippen LogP contribution in [0.15, 0.2) is 36.4 Å². The minimum Gasteiger partial charge on any atom is -0.399 e. The maximum atomic E-state index is 11.8. The lowest BCUT2D eigenvalue weighted by Gasteiger charge is -2.13. The first-order valence-electron chi connectivity index (χ1n) is 5.85. The summed E-state index contributed by atoms with van der Waals surface area (Å²) in [5.74, 6) is -0.217. The van der Waals surface area contributed by atoms with E-state index in [1.807, 2.05) is 0 Å². The Kier molecular flexibility index (Phi) is 4.37. The van der Waals surface area contributed by atoms with E-state index in [4.69, 9.17) is 28.9 Å². The summed E-state index contributed by atoms with van der Waals surface area (Å²) in [6.45, 7) is 0. The molecule has 0 saturated heterocycles. The first-order valence-corrected chi connectivity index (χ1v) is 6.60. The van der Waals surface area contributed by atoms with Crippen molar-refractivity contribution in [3.05, 3.63) is 52.0 Å². The lowest BCUT2D eigenvalue weighted by Crippen LogP contribution is -2.19. The van der Waals surface area contributed by atoms with Crippen molar-refractivity contribution in [3.63, 3.8) is 0 Å². The molecule has 20 heavy (non-hydrogen) atoms. The summed E-state index contributed by atoms with van der Waals surface area (Å²) in [4.78, 5) is 11.8. The van der Waals surface area contributed by atoms with Gasteiger partial charge in [-0.25, -0.2) is 0 Å². The summed E-state index contributed by atoms with van der Waals surface area (Å²) in [6.07, 6.45) is 0. The molecule has 0 aliphatic carbocycles. The Bertz CT molecular complexity index is 659. The second kappa shape index (κ2) is 6.03. The van der Waals surface area contributed by atoms with Gasteiger partial charge in [0.2, 0.25) is 0 Å². The lowest BCUT2D eigenvalue weighted by atomic mass is 10.1. The molecule has 0 saturated carbocycles. The summed E-state index contributed by atoms with van der Waals surface area (Å²) in [7, 11) is 1.56. The standard InChI is InChI=1S/C14H13Cl2N3O/c1-18-14(20)10-4-3-9(17)7-12(10)19-13-6-8(15)2-5-11(13)16/h2-7,19H,17H2,1H3,(H,18,20). The number of hydrogen-bond acceptors (Lipinski definition) is 3. The maximum absolute atomic E-state index is 11.8. The molecular weight excluding hydrogens is 297 g/mol. The van der Waals surface area contributed by atoms with Crippen LogP contribution in [0.3, 0.4) is 0 Å². The molecule has 4 nitrogen and oxygen atoms in total. The number of hydrogen-bond donors (Lipinski definition) is 3. The highest BCUT2D eigenvalue weighted by molar-refractivity contribution is 6.35. The van der Waals surface area contributed by atoms with Crippen LogP contribution in [0.25, 0.3) is 0 Å². The monoisotopic (exact) mass is 309 g/mol. The van der Waals surface area contributed by atoms with Crippen LogP contribution in [0.5, 0.6) is 0 Å². The van der Waals surface area contributed by atoms with Crippen molar-refractivity contribution in [2.75, 3.05) is 18.1 Å². The van der Waals surface area contributed by atoms with Crippen molar-refractivity contribution in [1.82, 2.24) is 5.32 Å². The molecule has 0 atom stereocenters. The Balaban J connectivity index is 2.44. The maximum Gasteiger partial charge on any atom is 0.253 e. The number of carbonyl (C=O) groups is 1. The second-order valence-electron chi connectivity index (χ2n) is 4.13. The van der Waals surface area contributed by atoms with Crippen LogP contribution in [0, 0.1) is 0 Å². The predicted molar refractivity (Wildman–Crippen MR) is 84.0 cm³/mol. The van der Waals surface area contributed by atoms with Gasteiger partial charge in [-0.05, 0) is 36.4 Å². The van der Waals surface area contributed by atoms with Crippen molar-refractivity contribution < 1.29 is 4.79 Å². The Labute approximate surface area is 126 Å². The van der Waals surface area contributed by atoms with E-state index in [1.165, 1.54) is 0 Å². The summed E-state index contributed by atoms with van der Waals surface area (Å²) in [5.41, 5.74) is 7.94. The summed E-state index contributed by atoms with van der Waals surface area (Å²) in [5, 5.41) is 6.70. The molecule has 104 valence electrons. The molecule has 0 fully saturated rings. The Morgan fingerprint density at radius 3 is 2.55 bits per heavy atom. The van der Waals surface area contributed by atoms with Gasteiger partial charge in [0.1, 0.15) is 0 Å². The third kappa shape index (κ3) is 3.15. The minimum absolute atomic E-state index is 0.217. The van der Waals surface area contributed by atoms with Crippen LogP contribution in [0.4, 0.5) is 17.1 Å². The van der Waals surface area contributed by atoms with Crippen molar-refractivity contribution in [2.45, 2.75) is 0 Å². The number of amides is 1. The highest BCUT2D eigenvalue weighted by atomic mass is 35.5. The summed E-state index contributed by atoms with van der Waals surface area (Å²) < 4.78 is 0. The van der Waals surface area contributed by atoms with Gasteiger partial charge < -0.3 is 16.4 Å². The zero-order valence-electron chi connectivity index (χ0n) is 10.7. The molecule has 0 spiro atoms. The van der Waals surface area contributed by atoms with Crippen LogP contribution in [0.2, 0.25) is 10.0 Å². The molecule has 0 aliphatic rings. The molecule has 0 aliphatic heterocycles. The van der Waals surface area contributed by atoms with Gasteiger partial charge in [0.15, 0.2) is 0 Å². The van der Waals surface area contributed by atoms with Gasteiger partial charge in [-0.15, -0.1) is 0 Å². The lowest BCUT2D eigenvalue weighted by molar-refractivity contribution is 0.0964. The van der Waals surface area contributed by atoms with Gasteiger partial charge in [0.25, 0.3) is 5.91 Å². The highest BCUT2D eigenvalue weighted by Gasteiger charge is 2.12. The normalized spacial score (nSPS) is 10.2. The quantitative estimate of drug-likeness (QED) is 0.758. The van der Waals surface area contributed by atoms with Crippen molar-refractivity contribution in [1.29, 1.82) is 0 Å². The van der Waals surface area contributed by atoms with E-state index in [2.05, 4.69) is 10.6 Å². The zero-order valence-corrected chi connectivity index (χ0v) is 12.2. The fourth-order valence-electron chi connectivity index (χ4n) is 1.74. The third-order valence-corrected chi connectivity index (χ3v) is 3.28. The van der Waals surface area contributed by atoms with Gasteiger partial charge in [0, 0.05) is 17.8 Å². The minimum atomic E-state index is -0.217. The fraction of sp³-hybridized carbons (Fsp3) is 0.0714. The predicted octanol–water partition coefficient (Wildman–Crippen LogP) is 3.68. The Hall–Kier alpha value is -1.91.